The molecule has 0 unspecified atom stereocenters. The van der Waals surface area contributed by atoms with Crippen LogP contribution in [0, 0.1) is 0 Å². The van der Waals surface area contributed by atoms with E-state index in [1.165, 1.54) is 89.0 Å². The zero-order valence-corrected chi connectivity index (χ0v) is 20.3. The van der Waals surface area contributed by atoms with Gasteiger partial charge in [-0.25, -0.2) is 4.79 Å². The molecule has 0 aliphatic rings. The van der Waals surface area contributed by atoms with Crippen molar-refractivity contribution in [1.82, 2.24) is 0 Å². The largest absolute Gasteiger partial charge is 0.382 e. The van der Waals surface area contributed by atoms with Crippen molar-refractivity contribution in [3.05, 3.63) is 0 Å². The van der Waals surface area contributed by atoms with E-state index in [4.69, 9.17) is 9.47 Å². The van der Waals surface area contributed by atoms with Gasteiger partial charge in [-0.15, -0.1) is 0 Å². The fourth-order valence-electron chi connectivity index (χ4n) is 3.11. The van der Waals surface area contributed by atoms with Gasteiger partial charge < -0.3 is 14.0 Å². The molecule has 0 aromatic heterocycles. The standard InChI is InChI=1S/C16H36N.C7H14O5/c1-5-9-13-17(14-10-6-2,15-11-7-3)16-12-8-4;1-7(8)12-11-6-5-10-4-3-9-2/h5-16H2,1-4H3;3-6H2,1-2H3/q+1;. The Hall–Kier alpha value is -0.690. The number of hydrogen-bond acceptors (Lipinski definition) is 5. The van der Waals surface area contributed by atoms with Crippen LogP contribution >= 0.6 is 0 Å². The quantitative estimate of drug-likeness (QED) is 0.125. The average Bonchev–Trinajstić information content (AvgIpc) is 2.72. The van der Waals surface area contributed by atoms with E-state index in [0.29, 0.717) is 19.8 Å². The van der Waals surface area contributed by atoms with E-state index in [-0.39, 0.29) is 6.61 Å². The molecule has 29 heavy (non-hydrogen) atoms. The second-order valence-corrected chi connectivity index (χ2v) is 7.65. The van der Waals surface area contributed by atoms with Crippen molar-refractivity contribution in [3.8, 4) is 0 Å². The third kappa shape index (κ3) is 21.8. The number of methoxy groups -OCH3 is 1. The minimum absolute atomic E-state index is 0.239. The number of rotatable bonds is 19. The normalized spacial score (nSPS) is 11.1. The smallest absolute Gasteiger partial charge is 0.339 e. The number of unbranched alkanes of at least 4 members (excludes halogenated alkanes) is 4. The highest BCUT2D eigenvalue weighted by Crippen LogP contribution is 2.16. The van der Waals surface area contributed by atoms with Crippen molar-refractivity contribution in [3.63, 3.8) is 0 Å². The van der Waals surface area contributed by atoms with Gasteiger partial charge in [0, 0.05) is 14.0 Å². The lowest BCUT2D eigenvalue weighted by Gasteiger charge is -2.39. The van der Waals surface area contributed by atoms with Crippen LogP contribution < -0.4 is 0 Å². The lowest BCUT2D eigenvalue weighted by molar-refractivity contribution is -0.929. The van der Waals surface area contributed by atoms with Crippen LogP contribution in [0.4, 0.5) is 0 Å². The van der Waals surface area contributed by atoms with Crippen LogP contribution in [-0.4, -0.2) is 70.2 Å². The zero-order chi connectivity index (χ0) is 22.2. The van der Waals surface area contributed by atoms with Gasteiger partial charge in [0.25, 0.3) is 0 Å². The summed E-state index contributed by atoms with van der Waals surface area (Å²) in [5, 5.41) is 0. The molecule has 6 nitrogen and oxygen atoms in total. The second-order valence-electron chi connectivity index (χ2n) is 7.65. The Kier molecular flexibility index (Phi) is 24.8. The number of carbonyl (C=O) groups is 1. The van der Waals surface area contributed by atoms with Crippen LogP contribution in [0.5, 0.6) is 0 Å². The summed E-state index contributed by atoms with van der Waals surface area (Å²) >= 11 is 0. The molecule has 0 rings (SSSR count). The molecule has 0 saturated heterocycles. The summed E-state index contributed by atoms with van der Waals surface area (Å²) in [6.07, 6.45) is 11.1. The van der Waals surface area contributed by atoms with Gasteiger partial charge in [-0.1, -0.05) is 53.4 Å². The van der Waals surface area contributed by atoms with Gasteiger partial charge in [-0.05, 0) is 25.7 Å². The number of hydrogen-bond donors (Lipinski definition) is 0. The molecule has 0 N–H and O–H groups in total. The fourth-order valence-corrected chi connectivity index (χ4v) is 3.11. The lowest BCUT2D eigenvalue weighted by atomic mass is 10.1. The number of ether oxygens (including phenoxy) is 2. The molecule has 0 amide bonds. The Labute approximate surface area is 180 Å². The van der Waals surface area contributed by atoms with Gasteiger partial charge in [-0.3, -0.25) is 4.89 Å². The molecule has 0 aromatic rings. The Bertz CT molecular complexity index is 302. The highest BCUT2D eigenvalue weighted by atomic mass is 17.2. The Morgan fingerprint density at radius 1 is 0.690 bits per heavy atom. The summed E-state index contributed by atoms with van der Waals surface area (Å²) in [6.45, 7) is 18.0. The highest BCUT2D eigenvalue weighted by molar-refractivity contribution is 5.65. The molecule has 0 spiro atoms. The third-order valence-corrected chi connectivity index (χ3v) is 4.86. The number of carbonyl (C=O) groups excluding carboxylic acids is 1. The van der Waals surface area contributed by atoms with E-state index in [9.17, 15) is 4.79 Å². The molecular formula is C23H50NO5+. The van der Waals surface area contributed by atoms with Crippen molar-refractivity contribution in [2.75, 3.05) is 59.7 Å². The van der Waals surface area contributed by atoms with Gasteiger partial charge >= 0.3 is 5.97 Å². The first-order valence-corrected chi connectivity index (χ1v) is 11.7. The maximum absolute atomic E-state index is 10.2. The molecule has 0 aliphatic carbocycles. The van der Waals surface area contributed by atoms with Gasteiger partial charge in [-0.2, -0.15) is 4.89 Å². The van der Waals surface area contributed by atoms with E-state index >= 15 is 0 Å². The van der Waals surface area contributed by atoms with Crippen LogP contribution in [0.1, 0.15) is 86.0 Å². The first kappa shape index (κ1) is 30.5. The average molecular weight is 421 g/mol. The summed E-state index contributed by atoms with van der Waals surface area (Å²) in [5.41, 5.74) is 0. The summed E-state index contributed by atoms with van der Waals surface area (Å²) in [4.78, 5) is 18.8. The van der Waals surface area contributed by atoms with E-state index in [1.54, 1.807) is 7.11 Å². The Morgan fingerprint density at radius 3 is 1.45 bits per heavy atom. The summed E-state index contributed by atoms with van der Waals surface area (Å²) in [6, 6.07) is 0. The molecule has 0 fully saturated rings. The van der Waals surface area contributed by atoms with Crippen molar-refractivity contribution in [2.45, 2.75) is 86.0 Å². The van der Waals surface area contributed by atoms with Crippen LogP contribution in [0.25, 0.3) is 0 Å². The zero-order valence-electron chi connectivity index (χ0n) is 20.3. The SMILES string of the molecule is CCCC[N+](CCCC)(CCCC)CCCC.COCCOCCOOC(C)=O. The molecule has 0 bridgehead atoms. The monoisotopic (exact) mass is 420 g/mol. The summed E-state index contributed by atoms with van der Waals surface area (Å²) in [5.74, 6) is -0.466. The highest BCUT2D eigenvalue weighted by Gasteiger charge is 2.24. The van der Waals surface area contributed by atoms with Crippen molar-refractivity contribution >= 4 is 5.97 Å². The molecule has 0 heterocycles. The van der Waals surface area contributed by atoms with Crippen LogP contribution in [0.15, 0.2) is 0 Å². The maximum Gasteiger partial charge on any atom is 0.339 e. The first-order chi connectivity index (χ1) is 14.0. The maximum atomic E-state index is 10.2. The fraction of sp³-hybridized carbons (Fsp3) is 0.957. The third-order valence-electron chi connectivity index (χ3n) is 4.86. The molecule has 0 radical (unpaired) electrons. The number of nitrogens with zero attached hydrogens (tertiary/aromatic N) is 1. The van der Waals surface area contributed by atoms with Crippen molar-refractivity contribution in [1.29, 1.82) is 0 Å². The van der Waals surface area contributed by atoms with Crippen LogP contribution in [0.3, 0.4) is 0 Å². The molecule has 0 aromatic carbocycles. The predicted molar refractivity (Wildman–Crippen MR) is 120 cm³/mol. The van der Waals surface area contributed by atoms with E-state index in [2.05, 4.69) is 37.5 Å². The summed E-state index contributed by atoms with van der Waals surface area (Å²) in [7, 11) is 1.60. The van der Waals surface area contributed by atoms with Gasteiger partial charge in [0.05, 0.1) is 46.0 Å². The second kappa shape index (κ2) is 23.6. The van der Waals surface area contributed by atoms with Crippen LogP contribution in [0.2, 0.25) is 0 Å². The Balaban J connectivity index is 0. The molecule has 0 atom stereocenters. The number of quaternary nitrogens is 1. The molecule has 6 heteroatoms. The Morgan fingerprint density at radius 2 is 1.10 bits per heavy atom. The van der Waals surface area contributed by atoms with Gasteiger partial charge in [0.1, 0.15) is 6.61 Å². The molecule has 0 aliphatic heterocycles. The van der Waals surface area contributed by atoms with E-state index in [0.717, 1.165) is 0 Å². The predicted octanol–water partition coefficient (Wildman–Crippen LogP) is 5.15. The van der Waals surface area contributed by atoms with E-state index in [1.807, 2.05) is 0 Å². The summed E-state index contributed by atoms with van der Waals surface area (Å²) < 4.78 is 11.2. The molecule has 176 valence electrons. The van der Waals surface area contributed by atoms with Gasteiger partial charge in [0.15, 0.2) is 0 Å². The van der Waals surface area contributed by atoms with Crippen LogP contribution in [-0.2, 0) is 24.0 Å². The minimum atomic E-state index is -0.466. The van der Waals surface area contributed by atoms with E-state index < -0.39 is 5.97 Å². The molecular weight excluding hydrogens is 370 g/mol. The lowest BCUT2D eigenvalue weighted by Crippen LogP contribution is -2.50. The van der Waals surface area contributed by atoms with Gasteiger partial charge in [0.2, 0.25) is 0 Å². The minimum Gasteiger partial charge on any atom is -0.382 e. The molecule has 0 saturated carbocycles. The first-order valence-electron chi connectivity index (χ1n) is 11.7. The van der Waals surface area contributed by atoms with Crippen molar-refractivity contribution < 1.29 is 28.5 Å². The topological polar surface area (TPSA) is 54.0 Å². The van der Waals surface area contributed by atoms with Crippen molar-refractivity contribution in [2.24, 2.45) is 0 Å².